The van der Waals surface area contributed by atoms with Gasteiger partial charge in [-0.05, 0) is 32.0 Å². The minimum absolute atomic E-state index is 0.0890. The normalized spacial score (nSPS) is 12.7. The average Bonchev–Trinajstić information content (AvgIpc) is 3.12. The van der Waals surface area contributed by atoms with Crippen molar-refractivity contribution in [3.63, 3.8) is 0 Å². The minimum atomic E-state index is -6.41. The zero-order valence-electron chi connectivity index (χ0n) is 17.5. The second-order valence-electron chi connectivity index (χ2n) is 7.21. The van der Waals surface area contributed by atoms with E-state index in [-0.39, 0.29) is 11.6 Å². The molecule has 2 heterocycles. The van der Waals surface area contributed by atoms with Crippen molar-refractivity contribution in [2.24, 2.45) is 0 Å². The lowest BCUT2D eigenvalue weighted by Crippen LogP contribution is -2.53. The van der Waals surface area contributed by atoms with Crippen LogP contribution >= 0.6 is 0 Å². The third kappa shape index (κ3) is 5.01. The highest BCUT2D eigenvalue weighted by Gasteiger charge is 2.72. The highest BCUT2D eigenvalue weighted by Crippen LogP contribution is 2.47. The Morgan fingerprint density at radius 2 is 1.67 bits per heavy atom. The van der Waals surface area contributed by atoms with Gasteiger partial charge in [0.2, 0.25) is 5.95 Å². The van der Waals surface area contributed by atoms with Gasteiger partial charge in [0.05, 0.1) is 36.9 Å². The van der Waals surface area contributed by atoms with Gasteiger partial charge < -0.3 is 14.6 Å². The maximum absolute atomic E-state index is 13.8. The molecule has 0 aliphatic rings. The molecular formula is C20H18F7N5O. The van der Waals surface area contributed by atoms with Crippen LogP contribution in [0.15, 0.2) is 36.8 Å². The number of rotatable bonds is 7. The summed E-state index contributed by atoms with van der Waals surface area (Å²) in [6.45, 7) is 3.17. The maximum atomic E-state index is 13.8. The van der Waals surface area contributed by atoms with Crippen molar-refractivity contribution < 1.29 is 35.5 Å². The van der Waals surface area contributed by atoms with Gasteiger partial charge in [0.15, 0.2) is 0 Å². The Kier molecular flexibility index (Phi) is 6.27. The number of nitrogens with one attached hydrogen (secondary N) is 1. The third-order valence-electron chi connectivity index (χ3n) is 4.55. The molecule has 0 atom stereocenters. The molecule has 0 spiro atoms. The number of imidazole rings is 1. The summed E-state index contributed by atoms with van der Waals surface area (Å²) in [6.07, 6.45) is -5.00. The van der Waals surface area contributed by atoms with Crippen LogP contribution in [0.25, 0.3) is 5.69 Å². The summed E-state index contributed by atoms with van der Waals surface area (Å²) in [5.74, 6) is -11.5. The quantitative estimate of drug-likeness (QED) is 0.462. The molecule has 0 fully saturated rings. The summed E-state index contributed by atoms with van der Waals surface area (Å²) in [6, 6.07) is 5.71. The minimum Gasteiger partial charge on any atom is -0.494 e. The number of alkyl halides is 7. The number of ether oxygens (including phenoxy) is 1. The molecule has 1 aromatic carbocycles. The zero-order chi connectivity index (χ0) is 24.6. The first-order chi connectivity index (χ1) is 15.2. The Labute approximate surface area is 183 Å². The number of nitrogens with zero attached hydrogens (tertiary/aromatic N) is 4. The summed E-state index contributed by atoms with van der Waals surface area (Å²) >= 11 is 0. The molecule has 0 bridgehead atoms. The van der Waals surface area contributed by atoms with Crippen molar-refractivity contribution in [2.75, 3.05) is 12.4 Å². The van der Waals surface area contributed by atoms with Crippen molar-refractivity contribution in [3.05, 3.63) is 53.9 Å². The van der Waals surface area contributed by atoms with Crippen molar-refractivity contribution >= 4 is 11.6 Å². The smallest absolute Gasteiger partial charge is 0.459 e. The second-order valence-corrected chi connectivity index (χ2v) is 7.21. The summed E-state index contributed by atoms with van der Waals surface area (Å²) in [7, 11) is 1.43. The van der Waals surface area contributed by atoms with Crippen LogP contribution in [0.5, 0.6) is 5.75 Å². The second kappa shape index (κ2) is 8.52. The largest absolute Gasteiger partial charge is 0.494 e. The van der Waals surface area contributed by atoms with E-state index in [1.165, 1.54) is 14.0 Å². The molecule has 0 aliphatic carbocycles. The Morgan fingerprint density at radius 1 is 0.970 bits per heavy atom. The van der Waals surface area contributed by atoms with Crippen LogP contribution in [0.4, 0.5) is 42.4 Å². The van der Waals surface area contributed by atoms with Crippen molar-refractivity contribution in [1.82, 2.24) is 19.5 Å². The number of aromatic nitrogens is 4. The van der Waals surface area contributed by atoms with Gasteiger partial charge in [-0.1, -0.05) is 0 Å². The lowest BCUT2D eigenvalue weighted by atomic mass is 10.1. The fourth-order valence-corrected chi connectivity index (χ4v) is 2.98. The van der Waals surface area contributed by atoms with Crippen LogP contribution in [-0.2, 0) is 6.42 Å². The fourth-order valence-electron chi connectivity index (χ4n) is 2.98. The van der Waals surface area contributed by atoms with Crippen LogP contribution < -0.4 is 10.1 Å². The van der Waals surface area contributed by atoms with Gasteiger partial charge >= 0.3 is 18.0 Å². The molecule has 0 unspecified atom stereocenters. The standard InChI is InChI=1S/C20H18F7N5O/c1-11-6-14(8-18(21,22)19(23,24)20(25,26)27)31-17(29-11)30-13-4-5-15(16(7-13)33-3)32-9-12(2)28-10-32/h4-7,9-10H,8H2,1-3H3,(H,29,30,31). The van der Waals surface area contributed by atoms with Gasteiger partial charge in [-0.3, -0.25) is 0 Å². The predicted octanol–water partition coefficient (Wildman–Crippen LogP) is 5.41. The van der Waals surface area contributed by atoms with Crippen molar-refractivity contribution in [3.8, 4) is 11.4 Å². The van der Waals surface area contributed by atoms with Gasteiger partial charge in [0.1, 0.15) is 5.75 Å². The van der Waals surface area contributed by atoms with Crippen molar-refractivity contribution in [1.29, 1.82) is 0 Å². The molecule has 0 saturated heterocycles. The van der Waals surface area contributed by atoms with Gasteiger partial charge in [0.25, 0.3) is 0 Å². The van der Waals surface area contributed by atoms with Gasteiger partial charge in [0, 0.05) is 23.6 Å². The molecule has 0 amide bonds. The van der Waals surface area contributed by atoms with Gasteiger partial charge in [-0.25, -0.2) is 15.0 Å². The maximum Gasteiger partial charge on any atom is 0.459 e. The van der Waals surface area contributed by atoms with Crippen LogP contribution in [-0.4, -0.2) is 44.7 Å². The molecule has 1 N–H and O–H groups in total. The average molecular weight is 477 g/mol. The molecule has 2 aromatic heterocycles. The van der Waals surface area contributed by atoms with Crippen LogP contribution in [0.3, 0.4) is 0 Å². The van der Waals surface area contributed by atoms with E-state index in [0.717, 1.165) is 11.8 Å². The van der Waals surface area contributed by atoms with E-state index in [9.17, 15) is 30.7 Å². The summed E-state index contributed by atoms with van der Waals surface area (Å²) < 4.78 is 98.4. The van der Waals surface area contributed by atoms with E-state index < -0.39 is 30.1 Å². The number of aryl methyl sites for hydroxylation is 2. The van der Waals surface area contributed by atoms with E-state index >= 15 is 0 Å². The number of hydrogen-bond donors (Lipinski definition) is 1. The Balaban J connectivity index is 1.87. The first-order valence-electron chi connectivity index (χ1n) is 9.36. The molecule has 3 rings (SSSR count). The first-order valence-corrected chi connectivity index (χ1v) is 9.36. The number of methoxy groups -OCH3 is 1. The van der Waals surface area contributed by atoms with E-state index in [1.54, 1.807) is 42.2 Å². The monoisotopic (exact) mass is 477 g/mol. The Hall–Kier alpha value is -3.38. The summed E-state index contributed by atoms with van der Waals surface area (Å²) in [5.41, 5.74) is 1.18. The zero-order valence-corrected chi connectivity index (χ0v) is 17.5. The van der Waals surface area contributed by atoms with Gasteiger partial charge in [-0.15, -0.1) is 0 Å². The molecule has 0 aliphatic heterocycles. The highest BCUT2D eigenvalue weighted by atomic mass is 19.4. The van der Waals surface area contributed by atoms with Crippen molar-refractivity contribution in [2.45, 2.75) is 38.3 Å². The van der Waals surface area contributed by atoms with E-state index in [4.69, 9.17) is 4.74 Å². The number of hydrogen-bond acceptors (Lipinski definition) is 5. The number of benzene rings is 1. The fraction of sp³-hybridized carbons (Fsp3) is 0.350. The van der Waals surface area contributed by atoms with E-state index in [2.05, 4.69) is 20.3 Å². The SMILES string of the molecule is COc1cc(Nc2nc(C)cc(CC(F)(F)C(F)(F)C(F)(F)F)n2)ccc1-n1cnc(C)c1. The summed E-state index contributed by atoms with van der Waals surface area (Å²) in [5, 5.41) is 2.72. The highest BCUT2D eigenvalue weighted by molar-refractivity contribution is 5.62. The molecule has 13 heteroatoms. The van der Waals surface area contributed by atoms with Gasteiger partial charge in [-0.2, -0.15) is 30.7 Å². The Morgan fingerprint density at radius 3 is 2.24 bits per heavy atom. The Bertz CT molecular complexity index is 1140. The summed E-state index contributed by atoms with van der Waals surface area (Å²) in [4.78, 5) is 11.8. The van der Waals surface area contributed by atoms with E-state index in [1.807, 2.05) is 0 Å². The molecule has 6 nitrogen and oxygen atoms in total. The van der Waals surface area contributed by atoms with Crippen LogP contribution in [0.2, 0.25) is 0 Å². The van der Waals surface area contributed by atoms with E-state index in [0.29, 0.717) is 17.1 Å². The molecule has 178 valence electrons. The lowest BCUT2D eigenvalue weighted by Gasteiger charge is -2.28. The number of halogens is 7. The molecule has 0 saturated carbocycles. The number of anilines is 2. The first kappa shape index (κ1) is 24.3. The molecule has 3 aromatic rings. The van der Waals surface area contributed by atoms with Crippen LogP contribution in [0.1, 0.15) is 17.1 Å². The molecular weight excluding hydrogens is 459 g/mol. The lowest BCUT2D eigenvalue weighted by molar-refractivity contribution is -0.354. The topological polar surface area (TPSA) is 64.9 Å². The third-order valence-corrected chi connectivity index (χ3v) is 4.55. The van der Waals surface area contributed by atoms with Crippen LogP contribution in [0, 0.1) is 13.8 Å². The molecule has 33 heavy (non-hydrogen) atoms. The predicted molar refractivity (Wildman–Crippen MR) is 105 cm³/mol. The molecule has 0 radical (unpaired) electrons.